The highest BCUT2D eigenvalue weighted by Crippen LogP contribution is 2.35. The zero-order valence-electron chi connectivity index (χ0n) is 28.7. The number of ether oxygens (including phenoxy) is 3. The van der Waals surface area contributed by atoms with Gasteiger partial charge >= 0.3 is 12.1 Å². The van der Waals surface area contributed by atoms with Crippen molar-refractivity contribution in [2.75, 3.05) is 34.0 Å². The topological polar surface area (TPSA) is 77.0 Å². The molecule has 0 heterocycles. The average molecular weight is 692 g/mol. The number of alkyl halides is 3. The second kappa shape index (κ2) is 16.8. The normalized spacial score (nSPS) is 13.2. The second-order valence-electron chi connectivity index (χ2n) is 12.0. The molecule has 0 aromatic heterocycles. The van der Waals surface area contributed by atoms with Crippen LogP contribution in [0.15, 0.2) is 72.8 Å². The van der Waals surface area contributed by atoms with E-state index < -0.39 is 29.9 Å². The van der Waals surface area contributed by atoms with Crippen LogP contribution in [-0.2, 0) is 27.0 Å². The van der Waals surface area contributed by atoms with Gasteiger partial charge in [-0.2, -0.15) is 13.2 Å². The molecule has 0 amide bonds. The molecule has 0 aliphatic heterocycles. The Labute approximate surface area is 290 Å². The summed E-state index contributed by atoms with van der Waals surface area (Å²) in [5, 5.41) is 12.6. The summed E-state index contributed by atoms with van der Waals surface area (Å²) in [7, 11) is 2.77. The molecule has 0 radical (unpaired) electrons. The Morgan fingerprint density at radius 3 is 1.96 bits per heavy atom. The van der Waals surface area contributed by atoms with Crippen LogP contribution >= 0.6 is 0 Å². The molecular weight excluding hydrogens is 650 g/mol. The van der Waals surface area contributed by atoms with Gasteiger partial charge in [-0.15, -0.1) is 0 Å². The number of rotatable bonds is 14. The number of nitrogens with one attached hydrogen (secondary N) is 1. The Kier molecular flexibility index (Phi) is 12.7. The summed E-state index contributed by atoms with van der Waals surface area (Å²) >= 11 is 0. The summed E-state index contributed by atoms with van der Waals surface area (Å²) in [6.07, 6.45) is 2.01. The maximum Gasteiger partial charge on any atom is 0.416 e. The van der Waals surface area contributed by atoms with Gasteiger partial charge in [0.25, 0.3) is 0 Å². The van der Waals surface area contributed by atoms with Gasteiger partial charge in [-0.1, -0.05) is 66.8 Å². The van der Waals surface area contributed by atoms with Gasteiger partial charge in [0.05, 0.1) is 25.9 Å². The zero-order chi connectivity index (χ0) is 36.5. The summed E-state index contributed by atoms with van der Waals surface area (Å²) in [6, 6.07) is 19.7. The number of methoxy groups -OCH3 is 2. The Balaban J connectivity index is 1.63. The van der Waals surface area contributed by atoms with E-state index in [0.29, 0.717) is 30.1 Å². The first-order valence-electron chi connectivity index (χ1n) is 15.9. The monoisotopic (exact) mass is 691 g/mol. The van der Waals surface area contributed by atoms with E-state index in [0.717, 1.165) is 39.4 Å². The summed E-state index contributed by atoms with van der Waals surface area (Å²) in [5.41, 5.74) is 3.83. The molecule has 0 aliphatic rings. The Morgan fingerprint density at radius 2 is 1.40 bits per heavy atom. The number of benzene rings is 4. The zero-order valence-corrected chi connectivity index (χ0v) is 28.7. The first-order valence-corrected chi connectivity index (χ1v) is 15.9. The minimum absolute atomic E-state index is 0.0178. The van der Waals surface area contributed by atoms with Gasteiger partial charge in [-0.25, -0.2) is 9.18 Å². The van der Waals surface area contributed by atoms with Crippen molar-refractivity contribution in [3.05, 3.63) is 123 Å². The number of hydrogen-bond donors (Lipinski definition) is 2. The van der Waals surface area contributed by atoms with E-state index in [9.17, 15) is 27.5 Å². The highest BCUT2D eigenvalue weighted by atomic mass is 19.4. The Hall–Kier alpha value is -4.77. The molecule has 6 nitrogen and oxygen atoms in total. The van der Waals surface area contributed by atoms with Crippen LogP contribution in [-0.4, -0.2) is 50.7 Å². The van der Waals surface area contributed by atoms with Crippen LogP contribution in [0, 0.1) is 19.7 Å². The van der Waals surface area contributed by atoms with Crippen LogP contribution in [0.3, 0.4) is 0 Å². The molecule has 4 rings (SSSR count). The van der Waals surface area contributed by atoms with Crippen LogP contribution in [0.25, 0.3) is 35.4 Å². The van der Waals surface area contributed by atoms with E-state index in [4.69, 9.17) is 14.2 Å². The van der Waals surface area contributed by atoms with E-state index >= 15 is 0 Å². The lowest BCUT2D eigenvalue weighted by Gasteiger charge is -2.26. The molecule has 0 spiro atoms. The van der Waals surface area contributed by atoms with E-state index in [-0.39, 0.29) is 17.9 Å². The van der Waals surface area contributed by atoms with Crippen LogP contribution in [0.1, 0.15) is 51.4 Å². The largest absolute Gasteiger partial charge is 0.491 e. The number of carbonyl (C=O) groups excluding carboxylic acids is 1. The summed E-state index contributed by atoms with van der Waals surface area (Å²) in [5.74, 6) is -0.546. The Bertz CT molecular complexity index is 1870. The molecule has 264 valence electrons. The molecule has 2 N–H and O–H groups in total. The minimum Gasteiger partial charge on any atom is -0.491 e. The highest BCUT2D eigenvalue weighted by molar-refractivity contribution is 5.82. The molecule has 4 aromatic rings. The van der Waals surface area contributed by atoms with Crippen molar-refractivity contribution < 1.29 is 41.7 Å². The van der Waals surface area contributed by atoms with Gasteiger partial charge in [0, 0.05) is 19.2 Å². The third-order valence-corrected chi connectivity index (χ3v) is 8.51. The molecule has 1 atom stereocenters. The quantitative estimate of drug-likeness (QED) is 0.0598. The molecule has 4 aromatic carbocycles. The first-order chi connectivity index (χ1) is 23.8. The fourth-order valence-corrected chi connectivity index (χ4v) is 5.43. The average Bonchev–Trinajstić information content (AvgIpc) is 3.10. The molecule has 0 fully saturated rings. The van der Waals surface area contributed by atoms with Gasteiger partial charge in [0.2, 0.25) is 0 Å². The summed E-state index contributed by atoms with van der Waals surface area (Å²) < 4.78 is 72.1. The minimum atomic E-state index is -4.60. The first kappa shape index (κ1) is 38.0. The number of carbonyl (C=O) groups is 1. The molecule has 0 saturated carbocycles. The van der Waals surface area contributed by atoms with Gasteiger partial charge in [0.1, 0.15) is 23.7 Å². The number of aliphatic hydroxyl groups is 1. The fraction of sp³-hybridized carbons (Fsp3) is 0.275. The maximum atomic E-state index is 14.6. The molecule has 10 heteroatoms. The predicted molar refractivity (Wildman–Crippen MR) is 189 cm³/mol. The second-order valence-corrected chi connectivity index (χ2v) is 12.0. The lowest BCUT2D eigenvalue weighted by Crippen LogP contribution is -2.52. The van der Waals surface area contributed by atoms with Crippen molar-refractivity contribution in [3.8, 4) is 16.9 Å². The molecule has 0 saturated heterocycles. The molecule has 0 unspecified atom stereocenters. The SMILES string of the molecule is COCCOc1ccc(F)c(/C=C/c2cccc(-c3cccc(/C=C/c4cc(CN[C@@](C)(CO)C(=O)OC)ccc4C(F)(F)F)c3C)c2C)c1. The third kappa shape index (κ3) is 9.26. The smallest absolute Gasteiger partial charge is 0.416 e. The molecule has 50 heavy (non-hydrogen) atoms. The van der Waals surface area contributed by atoms with Crippen LogP contribution < -0.4 is 10.1 Å². The summed E-state index contributed by atoms with van der Waals surface area (Å²) in [6.45, 7) is 5.55. The number of halogens is 4. The van der Waals surface area contributed by atoms with Crippen molar-refractivity contribution in [2.24, 2.45) is 0 Å². The van der Waals surface area contributed by atoms with Gasteiger partial charge in [0.15, 0.2) is 0 Å². The van der Waals surface area contributed by atoms with E-state index in [1.165, 1.54) is 38.3 Å². The number of hydrogen-bond acceptors (Lipinski definition) is 6. The van der Waals surface area contributed by atoms with Crippen LogP contribution in [0.2, 0.25) is 0 Å². The Morgan fingerprint density at radius 1 is 0.800 bits per heavy atom. The summed E-state index contributed by atoms with van der Waals surface area (Å²) in [4.78, 5) is 12.1. The van der Waals surface area contributed by atoms with E-state index in [1.54, 1.807) is 31.4 Å². The van der Waals surface area contributed by atoms with E-state index in [2.05, 4.69) is 5.32 Å². The molecular formula is C40H41F4NO5. The lowest BCUT2D eigenvalue weighted by atomic mass is 9.91. The van der Waals surface area contributed by atoms with Gasteiger partial charge < -0.3 is 19.3 Å². The third-order valence-electron chi connectivity index (χ3n) is 8.51. The highest BCUT2D eigenvalue weighted by Gasteiger charge is 2.34. The van der Waals surface area contributed by atoms with Crippen molar-refractivity contribution in [1.29, 1.82) is 0 Å². The fourth-order valence-electron chi connectivity index (χ4n) is 5.43. The lowest BCUT2D eigenvalue weighted by molar-refractivity contribution is -0.149. The number of esters is 1. The van der Waals surface area contributed by atoms with E-state index in [1.807, 2.05) is 56.3 Å². The van der Waals surface area contributed by atoms with Crippen molar-refractivity contribution in [1.82, 2.24) is 5.32 Å². The maximum absolute atomic E-state index is 14.6. The van der Waals surface area contributed by atoms with Gasteiger partial charge in [-0.05, 0) is 95.6 Å². The van der Waals surface area contributed by atoms with Crippen LogP contribution in [0.5, 0.6) is 5.75 Å². The van der Waals surface area contributed by atoms with Gasteiger partial charge in [-0.3, -0.25) is 5.32 Å². The molecule has 0 bridgehead atoms. The van der Waals surface area contributed by atoms with Crippen LogP contribution in [0.4, 0.5) is 17.6 Å². The van der Waals surface area contributed by atoms with Crippen molar-refractivity contribution in [3.63, 3.8) is 0 Å². The standard InChI is InChI=1S/C40H41F4NO5/c1-26-29(13-15-31-22-28(12-18-36(31)40(42,43)44)24-45-39(3,25-46)38(47)49-5)8-6-10-34(26)35-11-7-9-30(27(35)2)14-16-32-23-33(17-19-37(32)41)50-21-20-48-4/h6-19,22-23,45-46H,20-21,24-25H2,1-5H3/b15-13+,16-14+/t39-/m0/s1. The van der Waals surface area contributed by atoms with Crippen molar-refractivity contribution >= 4 is 30.3 Å². The predicted octanol–water partition coefficient (Wildman–Crippen LogP) is 8.51. The van der Waals surface area contributed by atoms with Crippen molar-refractivity contribution in [2.45, 2.75) is 39.0 Å². The molecule has 0 aliphatic carbocycles. The number of aliphatic hydroxyl groups excluding tert-OH is 1.